The van der Waals surface area contributed by atoms with E-state index in [0.717, 1.165) is 0 Å². The van der Waals surface area contributed by atoms with E-state index in [0.29, 0.717) is 16.3 Å². The van der Waals surface area contributed by atoms with Crippen molar-refractivity contribution in [1.82, 2.24) is 0 Å². The molecule has 0 radical (unpaired) electrons. The van der Waals surface area contributed by atoms with E-state index in [2.05, 4.69) is 5.32 Å². The van der Waals surface area contributed by atoms with Crippen LogP contribution in [-0.4, -0.2) is 11.9 Å². The highest BCUT2D eigenvalue weighted by Gasteiger charge is 2.17. The van der Waals surface area contributed by atoms with Crippen LogP contribution in [0.25, 0.3) is 0 Å². The van der Waals surface area contributed by atoms with Crippen LogP contribution in [0.2, 0.25) is 5.02 Å². The maximum absolute atomic E-state index is 11.7. The molecule has 1 rings (SSSR count). The van der Waals surface area contributed by atoms with Crippen molar-refractivity contribution in [2.24, 2.45) is 11.7 Å². The van der Waals surface area contributed by atoms with Crippen molar-refractivity contribution < 1.29 is 4.79 Å². The van der Waals surface area contributed by atoms with E-state index in [1.165, 1.54) is 6.07 Å². The molecule has 0 saturated heterocycles. The second-order valence-electron chi connectivity index (χ2n) is 4.07. The van der Waals surface area contributed by atoms with Gasteiger partial charge in [0, 0.05) is 5.69 Å². The Morgan fingerprint density at radius 2 is 2.18 bits per heavy atom. The van der Waals surface area contributed by atoms with Gasteiger partial charge < -0.3 is 11.1 Å². The number of hydrogen-bond donors (Lipinski definition) is 2. The topological polar surface area (TPSA) is 78.9 Å². The van der Waals surface area contributed by atoms with E-state index in [9.17, 15) is 4.79 Å². The van der Waals surface area contributed by atoms with E-state index in [-0.39, 0.29) is 11.8 Å². The van der Waals surface area contributed by atoms with Crippen LogP contribution in [0.4, 0.5) is 5.69 Å². The fraction of sp³-hybridized carbons (Fsp3) is 0.333. The molecule has 0 heterocycles. The summed E-state index contributed by atoms with van der Waals surface area (Å²) in [7, 11) is 0. The van der Waals surface area contributed by atoms with Crippen molar-refractivity contribution in [2.45, 2.75) is 19.9 Å². The summed E-state index contributed by atoms with van der Waals surface area (Å²) < 4.78 is 0. The van der Waals surface area contributed by atoms with E-state index in [1.807, 2.05) is 19.9 Å². The monoisotopic (exact) mass is 251 g/mol. The zero-order valence-electron chi connectivity index (χ0n) is 9.70. The highest BCUT2D eigenvalue weighted by Crippen LogP contribution is 2.20. The lowest BCUT2D eigenvalue weighted by molar-refractivity contribution is -0.118. The van der Waals surface area contributed by atoms with Crippen LogP contribution in [0.1, 0.15) is 19.4 Å². The second-order valence-corrected chi connectivity index (χ2v) is 4.47. The van der Waals surface area contributed by atoms with Crippen LogP contribution in [-0.2, 0) is 4.79 Å². The molecule has 0 saturated carbocycles. The number of nitrogens with zero attached hydrogens (tertiary/aromatic N) is 1. The Bertz CT molecular complexity index is 465. The molecule has 90 valence electrons. The van der Waals surface area contributed by atoms with Crippen LogP contribution in [0.15, 0.2) is 18.2 Å². The van der Waals surface area contributed by atoms with Gasteiger partial charge in [-0.05, 0) is 24.1 Å². The molecule has 1 amide bonds. The summed E-state index contributed by atoms with van der Waals surface area (Å²) in [4.78, 5) is 11.7. The Morgan fingerprint density at radius 3 is 2.65 bits per heavy atom. The molecule has 0 aliphatic rings. The summed E-state index contributed by atoms with van der Waals surface area (Å²) in [6.07, 6.45) is 0. The molecule has 17 heavy (non-hydrogen) atoms. The Balaban J connectivity index is 2.80. The first-order chi connectivity index (χ1) is 7.95. The number of carbonyl (C=O) groups is 1. The lowest BCUT2D eigenvalue weighted by Gasteiger charge is -2.15. The summed E-state index contributed by atoms with van der Waals surface area (Å²) in [5, 5.41) is 11.7. The van der Waals surface area contributed by atoms with Gasteiger partial charge in [-0.1, -0.05) is 25.4 Å². The maximum atomic E-state index is 11.7. The number of amides is 1. The van der Waals surface area contributed by atoms with Crippen molar-refractivity contribution in [3.63, 3.8) is 0 Å². The number of anilines is 1. The molecule has 1 aromatic carbocycles. The Kier molecular flexibility index (Phi) is 4.50. The Hall–Kier alpha value is -1.57. The van der Waals surface area contributed by atoms with Gasteiger partial charge in [0.1, 0.15) is 6.07 Å². The molecule has 4 nitrogen and oxygen atoms in total. The third-order valence-corrected chi connectivity index (χ3v) is 2.69. The fourth-order valence-electron chi connectivity index (χ4n) is 1.21. The van der Waals surface area contributed by atoms with E-state index in [4.69, 9.17) is 22.6 Å². The van der Waals surface area contributed by atoms with Crippen LogP contribution in [0.5, 0.6) is 0 Å². The number of benzene rings is 1. The van der Waals surface area contributed by atoms with Gasteiger partial charge in [0.25, 0.3) is 0 Å². The molecule has 1 aromatic rings. The number of rotatable bonds is 3. The van der Waals surface area contributed by atoms with Crippen molar-refractivity contribution in [2.75, 3.05) is 5.32 Å². The average Bonchev–Trinajstić information content (AvgIpc) is 2.28. The number of nitriles is 1. The maximum Gasteiger partial charge on any atom is 0.241 e. The molecule has 5 heteroatoms. The highest BCUT2D eigenvalue weighted by atomic mass is 35.5. The molecule has 3 N–H and O–H groups in total. The van der Waals surface area contributed by atoms with Gasteiger partial charge in [-0.3, -0.25) is 4.79 Å². The van der Waals surface area contributed by atoms with E-state index >= 15 is 0 Å². The van der Waals surface area contributed by atoms with Crippen LogP contribution >= 0.6 is 11.6 Å². The van der Waals surface area contributed by atoms with Crippen molar-refractivity contribution in [3.05, 3.63) is 28.8 Å². The zero-order valence-corrected chi connectivity index (χ0v) is 10.5. The largest absolute Gasteiger partial charge is 0.325 e. The zero-order chi connectivity index (χ0) is 13.0. The van der Waals surface area contributed by atoms with Gasteiger partial charge in [-0.2, -0.15) is 5.26 Å². The molecule has 0 aliphatic carbocycles. The molecule has 0 fully saturated rings. The quantitative estimate of drug-likeness (QED) is 0.864. The molecular weight excluding hydrogens is 238 g/mol. The van der Waals surface area contributed by atoms with Crippen molar-refractivity contribution in [3.8, 4) is 6.07 Å². The summed E-state index contributed by atoms with van der Waals surface area (Å²) in [5.41, 5.74) is 6.61. The van der Waals surface area contributed by atoms with Crippen LogP contribution < -0.4 is 11.1 Å². The molecule has 0 aliphatic heterocycles. The lowest BCUT2D eigenvalue weighted by atomic mass is 10.0. The Morgan fingerprint density at radius 1 is 1.53 bits per heavy atom. The van der Waals surface area contributed by atoms with Gasteiger partial charge in [0.05, 0.1) is 16.6 Å². The molecule has 1 atom stereocenters. The van der Waals surface area contributed by atoms with Crippen molar-refractivity contribution in [1.29, 1.82) is 5.26 Å². The summed E-state index contributed by atoms with van der Waals surface area (Å²) in [6.45, 7) is 3.74. The first-order valence-corrected chi connectivity index (χ1v) is 5.59. The predicted octanol–water partition coefficient (Wildman–Crippen LogP) is 2.13. The molecular formula is C12H14ClN3O. The number of nitrogens with one attached hydrogen (secondary N) is 1. The minimum absolute atomic E-state index is 0.0591. The number of carbonyl (C=O) groups excluding carboxylic acids is 1. The van der Waals surface area contributed by atoms with Gasteiger partial charge in [-0.25, -0.2) is 0 Å². The van der Waals surface area contributed by atoms with E-state index < -0.39 is 6.04 Å². The van der Waals surface area contributed by atoms with Crippen molar-refractivity contribution >= 4 is 23.2 Å². The average molecular weight is 252 g/mol. The summed E-state index contributed by atoms with van der Waals surface area (Å²) in [5.74, 6) is -0.204. The highest BCUT2D eigenvalue weighted by molar-refractivity contribution is 6.32. The Labute approximate surface area is 105 Å². The predicted molar refractivity (Wildman–Crippen MR) is 67.6 cm³/mol. The number of halogens is 1. The van der Waals surface area contributed by atoms with Gasteiger partial charge in [0.2, 0.25) is 5.91 Å². The van der Waals surface area contributed by atoms with Gasteiger partial charge >= 0.3 is 0 Å². The third-order valence-electron chi connectivity index (χ3n) is 2.38. The van der Waals surface area contributed by atoms with Gasteiger partial charge in [0.15, 0.2) is 0 Å². The fourth-order valence-corrected chi connectivity index (χ4v) is 1.43. The third kappa shape index (κ3) is 3.45. The minimum Gasteiger partial charge on any atom is -0.325 e. The van der Waals surface area contributed by atoms with Gasteiger partial charge in [-0.15, -0.1) is 0 Å². The number of hydrogen-bond acceptors (Lipinski definition) is 3. The number of nitrogens with two attached hydrogens (primary N) is 1. The summed E-state index contributed by atoms with van der Waals surface area (Å²) >= 11 is 5.85. The first-order valence-electron chi connectivity index (χ1n) is 5.21. The molecule has 0 spiro atoms. The van der Waals surface area contributed by atoms with E-state index in [1.54, 1.807) is 12.1 Å². The smallest absolute Gasteiger partial charge is 0.241 e. The normalized spacial score (nSPS) is 12.0. The molecule has 0 unspecified atom stereocenters. The lowest BCUT2D eigenvalue weighted by Crippen LogP contribution is -2.39. The summed E-state index contributed by atoms with van der Waals surface area (Å²) in [6, 6.07) is 6.09. The minimum atomic E-state index is -0.565. The van der Waals surface area contributed by atoms with Crippen LogP contribution in [0.3, 0.4) is 0 Å². The molecule has 0 aromatic heterocycles. The SMILES string of the molecule is CC(C)[C@H](N)C(=O)Nc1ccc(C#N)c(Cl)c1. The first kappa shape index (κ1) is 13.5. The van der Waals surface area contributed by atoms with Crippen LogP contribution in [0, 0.1) is 17.2 Å². The second kappa shape index (κ2) is 5.67. The molecule has 0 bridgehead atoms. The standard InChI is InChI=1S/C12H14ClN3O/c1-7(2)11(15)12(17)16-9-4-3-8(6-14)10(13)5-9/h3-5,7,11H,15H2,1-2H3,(H,16,17)/t11-/m0/s1.